The lowest BCUT2D eigenvalue weighted by atomic mass is 9.91. The van der Waals surface area contributed by atoms with E-state index in [1.807, 2.05) is 0 Å². The van der Waals surface area contributed by atoms with Crippen LogP contribution in [0.15, 0.2) is 12.1 Å². The molecule has 2 heterocycles. The predicted octanol–water partition coefficient (Wildman–Crippen LogP) is 1.98. The van der Waals surface area contributed by atoms with Crippen LogP contribution in [-0.4, -0.2) is 39.4 Å². The number of aliphatic carboxylic acids is 1. The maximum absolute atomic E-state index is 12.3. The number of carbonyl (C=O) groups is 2. The van der Waals surface area contributed by atoms with Crippen molar-refractivity contribution in [1.29, 1.82) is 0 Å². The van der Waals surface area contributed by atoms with Crippen LogP contribution < -0.4 is 0 Å². The van der Waals surface area contributed by atoms with E-state index in [1.54, 1.807) is 11.8 Å². The third kappa shape index (κ3) is 2.79. The molecule has 20 heavy (non-hydrogen) atoms. The molecule has 0 aromatic carbocycles. The third-order valence-corrected chi connectivity index (χ3v) is 4.49. The Bertz CT molecular complexity index is 556. The highest BCUT2D eigenvalue weighted by Crippen LogP contribution is 2.29. The fourth-order valence-electron chi connectivity index (χ4n) is 2.38. The van der Waals surface area contributed by atoms with Gasteiger partial charge in [0.2, 0.25) is 0 Å². The number of nitrogens with zero attached hydrogens (tertiary/aromatic N) is 2. The van der Waals surface area contributed by atoms with E-state index < -0.39 is 16.8 Å². The molecule has 0 bridgehead atoms. The van der Waals surface area contributed by atoms with Crippen molar-refractivity contribution < 1.29 is 19.6 Å². The van der Waals surface area contributed by atoms with Gasteiger partial charge in [-0.15, -0.1) is 0 Å². The zero-order valence-corrected chi connectivity index (χ0v) is 11.6. The van der Waals surface area contributed by atoms with Gasteiger partial charge in [-0.1, -0.05) is 11.3 Å². The summed E-state index contributed by atoms with van der Waals surface area (Å²) in [5, 5.41) is 19.5. The number of likely N-dealkylation sites (tertiary alicyclic amines) is 1. The van der Waals surface area contributed by atoms with E-state index in [1.165, 1.54) is 12.1 Å². The first kappa shape index (κ1) is 14.4. The van der Waals surface area contributed by atoms with Gasteiger partial charge in [0.05, 0.1) is 15.7 Å². The monoisotopic (exact) mass is 298 g/mol. The van der Waals surface area contributed by atoms with E-state index in [2.05, 4.69) is 0 Å². The molecule has 2 unspecified atom stereocenters. The van der Waals surface area contributed by atoms with Crippen molar-refractivity contribution in [1.82, 2.24) is 4.90 Å². The summed E-state index contributed by atoms with van der Waals surface area (Å²) in [6.45, 7) is 2.16. The number of carboxylic acid groups (broad SMARTS) is 1. The average molecular weight is 298 g/mol. The smallest absolute Gasteiger partial charge is 0.324 e. The van der Waals surface area contributed by atoms with Gasteiger partial charge in [-0.2, -0.15) is 0 Å². The van der Waals surface area contributed by atoms with Crippen molar-refractivity contribution >= 4 is 28.2 Å². The number of carboxylic acids is 1. The lowest BCUT2D eigenvalue weighted by molar-refractivity contribution is -0.380. The van der Waals surface area contributed by atoms with Gasteiger partial charge in [0.25, 0.3) is 5.91 Å². The fraction of sp³-hybridized carbons (Fsp3) is 0.500. The molecule has 1 fully saturated rings. The van der Waals surface area contributed by atoms with Gasteiger partial charge < -0.3 is 10.0 Å². The molecule has 0 spiro atoms. The summed E-state index contributed by atoms with van der Waals surface area (Å²) in [5.74, 6) is -1.53. The summed E-state index contributed by atoms with van der Waals surface area (Å²) in [4.78, 5) is 35.2. The number of carbonyl (C=O) groups excluding carboxylic acids is 1. The maximum atomic E-state index is 12.3. The summed E-state index contributed by atoms with van der Waals surface area (Å²) < 4.78 is 0. The second kappa shape index (κ2) is 5.58. The molecule has 108 valence electrons. The van der Waals surface area contributed by atoms with Crippen LogP contribution in [0.5, 0.6) is 0 Å². The van der Waals surface area contributed by atoms with Crippen LogP contribution in [0.25, 0.3) is 0 Å². The molecule has 7 nitrogen and oxygen atoms in total. The van der Waals surface area contributed by atoms with E-state index in [0.717, 1.165) is 11.3 Å². The average Bonchev–Trinajstić information content (AvgIpc) is 2.87. The Morgan fingerprint density at radius 3 is 2.70 bits per heavy atom. The highest BCUT2D eigenvalue weighted by atomic mass is 32.1. The normalized spacial score (nSPS) is 22.6. The Hall–Kier alpha value is -1.96. The van der Waals surface area contributed by atoms with Gasteiger partial charge in [-0.3, -0.25) is 19.7 Å². The first-order valence-electron chi connectivity index (χ1n) is 6.18. The van der Waals surface area contributed by atoms with Crippen molar-refractivity contribution in [2.24, 2.45) is 5.92 Å². The highest BCUT2D eigenvalue weighted by Gasteiger charge is 2.33. The van der Waals surface area contributed by atoms with Crippen LogP contribution in [0, 0.1) is 16.0 Å². The molecule has 0 radical (unpaired) electrons. The largest absolute Gasteiger partial charge is 0.481 e. The van der Waals surface area contributed by atoms with Crippen molar-refractivity contribution in [3.05, 3.63) is 27.1 Å². The number of thiophene rings is 1. The molecule has 1 amide bonds. The molecular formula is C12H14N2O5S. The predicted molar refractivity (Wildman–Crippen MR) is 71.8 cm³/mol. The second-order valence-corrected chi connectivity index (χ2v) is 5.86. The van der Waals surface area contributed by atoms with E-state index in [4.69, 9.17) is 5.11 Å². The van der Waals surface area contributed by atoms with E-state index >= 15 is 0 Å². The number of piperidine rings is 1. The highest BCUT2D eigenvalue weighted by molar-refractivity contribution is 7.17. The van der Waals surface area contributed by atoms with Crippen LogP contribution >= 0.6 is 11.3 Å². The Balaban J connectivity index is 2.09. The molecular weight excluding hydrogens is 284 g/mol. The Morgan fingerprint density at radius 2 is 2.20 bits per heavy atom. The summed E-state index contributed by atoms with van der Waals surface area (Å²) in [5.41, 5.74) is 0. The van der Waals surface area contributed by atoms with E-state index in [-0.39, 0.29) is 17.0 Å². The molecule has 1 aliphatic heterocycles. The standard InChI is InChI=1S/C12H14N2O5S/c1-7-6-8(12(16)17)4-5-13(7)11(15)9-2-3-10(20-9)14(18)19/h2-3,7-8H,4-6H2,1H3,(H,16,17). The Labute approximate surface area is 119 Å². The maximum Gasteiger partial charge on any atom is 0.324 e. The second-order valence-electron chi connectivity index (χ2n) is 4.80. The fourth-order valence-corrected chi connectivity index (χ4v) is 3.16. The first-order valence-corrected chi connectivity index (χ1v) is 6.99. The molecule has 1 saturated heterocycles. The zero-order chi connectivity index (χ0) is 14.9. The van der Waals surface area contributed by atoms with Crippen LogP contribution in [0.3, 0.4) is 0 Å². The minimum absolute atomic E-state index is 0.0681. The van der Waals surface area contributed by atoms with E-state index in [0.29, 0.717) is 24.3 Å². The van der Waals surface area contributed by atoms with Gasteiger partial charge >= 0.3 is 11.0 Å². The molecule has 2 rings (SSSR count). The van der Waals surface area contributed by atoms with Gasteiger partial charge in [-0.05, 0) is 25.8 Å². The zero-order valence-electron chi connectivity index (χ0n) is 10.8. The van der Waals surface area contributed by atoms with Crippen LogP contribution in [0.4, 0.5) is 5.00 Å². The Morgan fingerprint density at radius 1 is 1.50 bits per heavy atom. The molecule has 8 heteroatoms. The molecule has 1 N–H and O–H groups in total. The summed E-state index contributed by atoms with van der Waals surface area (Å²) >= 11 is 0.845. The number of hydrogen-bond donors (Lipinski definition) is 1. The molecule has 0 aliphatic carbocycles. The SMILES string of the molecule is CC1CC(C(=O)O)CCN1C(=O)c1ccc([N+](=O)[O-])s1. The molecule has 0 saturated carbocycles. The van der Waals surface area contributed by atoms with E-state index in [9.17, 15) is 19.7 Å². The molecule has 2 atom stereocenters. The van der Waals surface area contributed by atoms with Crippen molar-refractivity contribution in [3.63, 3.8) is 0 Å². The summed E-state index contributed by atoms with van der Waals surface area (Å²) in [6, 6.07) is 2.58. The lowest BCUT2D eigenvalue weighted by Crippen LogP contribution is -2.45. The summed E-state index contributed by atoms with van der Waals surface area (Å²) in [6.07, 6.45) is 0.827. The minimum atomic E-state index is -0.837. The number of nitro groups is 1. The van der Waals surface area contributed by atoms with Crippen LogP contribution in [-0.2, 0) is 4.79 Å². The Kier molecular flexibility index (Phi) is 4.03. The minimum Gasteiger partial charge on any atom is -0.481 e. The van der Waals surface area contributed by atoms with Gasteiger partial charge in [0, 0.05) is 18.7 Å². The number of hydrogen-bond acceptors (Lipinski definition) is 5. The van der Waals surface area contributed by atoms with Crippen LogP contribution in [0.2, 0.25) is 0 Å². The quantitative estimate of drug-likeness (QED) is 0.679. The molecule has 1 aromatic rings. The van der Waals surface area contributed by atoms with Gasteiger partial charge in [0.15, 0.2) is 0 Å². The van der Waals surface area contributed by atoms with Crippen molar-refractivity contribution in [2.45, 2.75) is 25.8 Å². The van der Waals surface area contributed by atoms with Crippen LogP contribution in [0.1, 0.15) is 29.4 Å². The first-order chi connectivity index (χ1) is 9.40. The topological polar surface area (TPSA) is 101 Å². The third-order valence-electron chi connectivity index (χ3n) is 3.47. The van der Waals surface area contributed by atoms with Gasteiger partial charge in [-0.25, -0.2) is 0 Å². The summed E-state index contributed by atoms with van der Waals surface area (Å²) in [7, 11) is 0. The van der Waals surface area contributed by atoms with Crippen molar-refractivity contribution in [3.8, 4) is 0 Å². The van der Waals surface area contributed by atoms with Gasteiger partial charge in [0.1, 0.15) is 0 Å². The number of amides is 1. The molecule has 1 aliphatic rings. The molecule has 1 aromatic heterocycles. The number of rotatable bonds is 3. The van der Waals surface area contributed by atoms with Crippen molar-refractivity contribution in [2.75, 3.05) is 6.54 Å². The lowest BCUT2D eigenvalue weighted by Gasteiger charge is -2.35.